The van der Waals surface area contributed by atoms with Gasteiger partial charge in [-0.1, -0.05) is 49.2 Å². The summed E-state index contributed by atoms with van der Waals surface area (Å²) in [5, 5.41) is 22.7. The van der Waals surface area contributed by atoms with Crippen molar-refractivity contribution in [3.8, 4) is 17.2 Å². The van der Waals surface area contributed by atoms with Crippen molar-refractivity contribution < 1.29 is 48.0 Å². The van der Waals surface area contributed by atoms with Gasteiger partial charge in [-0.2, -0.15) is 0 Å². The van der Waals surface area contributed by atoms with E-state index in [2.05, 4.69) is 5.32 Å². The van der Waals surface area contributed by atoms with Crippen molar-refractivity contribution in [2.24, 2.45) is 5.41 Å². The van der Waals surface area contributed by atoms with Crippen molar-refractivity contribution in [1.29, 1.82) is 0 Å². The summed E-state index contributed by atoms with van der Waals surface area (Å²) >= 11 is 13.3. The number of hydrogen-bond donors (Lipinski definition) is 3. The summed E-state index contributed by atoms with van der Waals surface area (Å²) < 4.78 is 27.2. The summed E-state index contributed by atoms with van der Waals surface area (Å²) in [5.74, 6) is -1.96. The van der Waals surface area contributed by atoms with E-state index < -0.39 is 46.2 Å². The number of allylic oxidation sites excluding steroid dienone is 2. The zero-order chi connectivity index (χ0) is 35.0. The number of nitrogens with one attached hydrogen (secondary N) is 1. The van der Waals surface area contributed by atoms with Crippen molar-refractivity contribution in [3.05, 3.63) is 71.1 Å². The summed E-state index contributed by atoms with van der Waals surface area (Å²) in [7, 11) is 4.30. The minimum Gasteiger partial charge on any atom is -0.493 e. The van der Waals surface area contributed by atoms with Crippen molar-refractivity contribution in [2.45, 2.75) is 43.2 Å². The number of anilines is 1. The van der Waals surface area contributed by atoms with Gasteiger partial charge < -0.3 is 43.8 Å². The summed E-state index contributed by atoms with van der Waals surface area (Å²) in [6.07, 6.45) is 0.663. The molecule has 14 heteroatoms. The van der Waals surface area contributed by atoms with Gasteiger partial charge in [-0.15, -0.1) is 0 Å². The van der Waals surface area contributed by atoms with E-state index in [4.69, 9.17) is 46.6 Å². The number of rotatable bonds is 11. The van der Waals surface area contributed by atoms with Crippen molar-refractivity contribution in [3.63, 3.8) is 0 Å². The summed E-state index contributed by atoms with van der Waals surface area (Å²) in [6, 6.07) is 9.81. The van der Waals surface area contributed by atoms with Gasteiger partial charge in [0.2, 0.25) is 5.91 Å². The van der Waals surface area contributed by atoms with Gasteiger partial charge in [-0.25, -0.2) is 4.79 Å². The number of hydrogen-bond acceptors (Lipinski definition) is 9. The molecule has 2 atom stereocenters. The zero-order valence-electron chi connectivity index (χ0n) is 27.0. The topological polar surface area (TPSA) is 157 Å². The normalized spacial score (nSPS) is 19.2. The molecular formula is C34H36Cl2N2O10. The monoisotopic (exact) mass is 702 g/mol. The molecular weight excluding hydrogens is 667 g/mol. The number of furan rings is 1. The summed E-state index contributed by atoms with van der Waals surface area (Å²) in [6.45, 7) is 3.50. The molecule has 1 aliphatic carbocycles. The smallest absolute Gasteiger partial charge is 0.375 e. The molecule has 2 amide bonds. The van der Waals surface area contributed by atoms with Crippen LogP contribution in [-0.4, -0.2) is 77.8 Å². The van der Waals surface area contributed by atoms with E-state index >= 15 is 0 Å². The number of halogens is 2. The maximum absolute atomic E-state index is 14.4. The molecule has 0 fully saturated rings. The van der Waals surface area contributed by atoms with E-state index in [9.17, 15) is 24.6 Å². The number of aliphatic hydroxyl groups is 1. The first-order valence-electron chi connectivity index (χ1n) is 14.9. The molecule has 5 rings (SSSR count). The number of amides is 2. The number of fused-ring (bicyclic) bond motifs is 1. The molecule has 0 bridgehead atoms. The Balaban J connectivity index is 1.56. The fourth-order valence-electron chi connectivity index (χ4n) is 5.83. The van der Waals surface area contributed by atoms with E-state index in [1.54, 1.807) is 30.4 Å². The minimum atomic E-state index is -1.32. The number of aromatic carboxylic acids is 1. The number of carbonyl (C=O) groups excluding carboxylic acids is 2. The van der Waals surface area contributed by atoms with Crippen LogP contribution in [0.1, 0.15) is 48.9 Å². The Morgan fingerprint density at radius 1 is 1.10 bits per heavy atom. The number of aliphatic hydroxyl groups excluding tert-OH is 1. The summed E-state index contributed by atoms with van der Waals surface area (Å²) in [5.41, 5.74) is 1.42. The number of alkyl halides is 2. The average Bonchev–Trinajstić information content (AvgIpc) is 3.38. The second-order valence-electron chi connectivity index (χ2n) is 12.2. The Morgan fingerprint density at radius 2 is 1.83 bits per heavy atom. The summed E-state index contributed by atoms with van der Waals surface area (Å²) in [4.78, 5) is 41.1. The largest absolute Gasteiger partial charge is 0.493 e. The van der Waals surface area contributed by atoms with Gasteiger partial charge in [0.15, 0.2) is 17.2 Å². The van der Waals surface area contributed by atoms with Crippen LogP contribution in [0.25, 0.3) is 11.0 Å². The van der Waals surface area contributed by atoms with E-state index in [0.29, 0.717) is 39.4 Å². The van der Waals surface area contributed by atoms with Gasteiger partial charge in [0.05, 0.1) is 33.1 Å². The molecule has 12 nitrogen and oxygen atoms in total. The van der Waals surface area contributed by atoms with Gasteiger partial charge in [-0.05, 0) is 42.0 Å². The third kappa shape index (κ3) is 6.98. The van der Waals surface area contributed by atoms with E-state index in [-0.39, 0.29) is 36.7 Å². The van der Waals surface area contributed by atoms with Crippen LogP contribution in [0.4, 0.5) is 5.69 Å². The molecule has 48 heavy (non-hydrogen) atoms. The number of benzene rings is 2. The van der Waals surface area contributed by atoms with Crippen LogP contribution in [0.2, 0.25) is 0 Å². The predicted octanol–water partition coefficient (Wildman–Crippen LogP) is 5.86. The molecule has 3 aromatic rings. The zero-order valence-corrected chi connectivity index (χ0v) is 28.5. The molecule has 0 radical (unpaired) electrons. The van der Waals surface area contributed by atoms with E-state index in [1.165, 1.54) is 44.4 Å². The molecule has 0 spiro atoms. The fraction of sp³-hybridized carbons (Fsp3) is 0.382. The lowest BCUT2D eigenvalue weighted by atomic mass is 9.89. The van der Waals surface area contributed by atoms with E-state index in [1.807, 2.05) is 13.8 Å². The first kappa shape index (κ1) is 35.1. The Bertz CT molecular complexity index is 1810. The number of ether oxygens (including phenoxy) is 4. The number of carboxylic acid groups (broad SMARTS) is 1. The van der Waals surface area contributed by atoms with Gasteiger partial charge in [0.25, 0.3) is 11.7 Å². The Kier molecular flexibility index (Phi) is 10.0. The van der Waals surface area contributed by atoms with Crippen LogP contribution in [0.15, 0.2) is 64.2 Å². The quantitative estimate of drug-likeness (QED) is 0.207. The van der Waals surface area contributed by atoms with Crippen LogP contribution in [-0.2, 0) is 14.3 Å². The molecule has 2 aliphatic rings. The number of nitrogens with zero attached hydrogens (tertiary/aromatic N) is 1. The van der Waals surface area contributed by atoms with Gasteiger partial charge >= 0.3 is 5.97 Å². The third-order valence-electron chi connectivity index (χ3n) is 8.11. The highest BCUT2D eigenvalue weighted by Gasteiger charge is 2.44. The third-order valence-corrected chi connectivity index (χ3v) is 8.63. The molecule has 0 unspecified atom stereocenters. The van der Waals surface area contributed by atoms with E-state index in [0.717, 1.165) is 0 Å². The molecule has 3 N–H and O–H groups in total. The van der Waals surface area contributed by atoms with Crippen LogP contribution in [0.3, 0.4) is 0 Å². The van der Waals surface area contributed by atoms with Crippen LogP contribution >= 0.6 is 23.2 Å². The Labute approximate surface area is 286 Å². The van der Waals surface area contributed by atoms with Crippen molar-refractivity contribution in [1.82, 2.24) is 4.90 Å². The molecule has 0 saturated heterocycles. The number of methoxy groups -OCH3 is 3. The van der Waals surface area contributed by atoms with Gasteiger partial charge in [0.1, 0.15) is 22.1 Å². The molecule has 2 heterocycles. The molecule has 1 aliphatic heterocycles. The fourth-order valence-corrected chi connectivity index (χ4v) is 6.25. The lowest BCUT2D eigenvalue weighted by Crippen LogP contribution is -2.45. The molecule has 1 aromatic heterocycles. The first-order valence-corrected chi connectivity index (χ1v) is 15.7. The van der Waals surface area contributed by atoms with Crippen LogP contribution in [0.5, 0.6) is 17.2 Å². The molecule has 0 saturated carbocycles. The number of carboxylic acids is 1. The average molecular weight is 704 g/mol. The van der Waals surface area contributed by atoms with Crippen LogP contribution < -0.4 is 19.5 Å². The first-order chi connectivity index (χ1) is 22.7. The standard InChI is InChI=1S/C34H36Cl2N2O10/c1-33(2,17-39)16-38-22-11-12-34(35,36)15-21(22)27(19-7-6-8-24(44-3)28(19)45-4)48-25(31(38)41)14-26(40)37-18-9-10-23-20(13-18)29(46-5)30(47-23)32(42)43/h6-13,25,27,39H,14-17H2,1-5H3,(H,37,40)(H,42,43)/t25-,27-/m1/s1. The van der Waals surface area contributed by atoms with Gasteiger partial charge in [0, 0.05) is 41.9 Å². The Morgan fingerprint density at radius 3 is 2.48 bits per heavy atom. The lowest BCUT2D eigenvalue weighted by molar-refractivity contribution is -0.146. The lowest BCUT2D eigenvalue weighted by Gasteiger charge is -2.35. The van der Waals surface area contributed by atoms with Crippen molar-refractivity contribution >= 4 is 57.6 Å². The molecule has 2 aromatic carbocycles. The SMILES string of the molecule is COc1cccc([C@H]2O[C@H](CC(=O)Nc3ccc4oc(C(=O)O)c(OC)c4c3)C(=O)N(CC(C)(C)CO)C3=C2CC(Cl)(Cl)C=C3)c1OC. The second-order valence-corrected chi connectivity index (χ2v) is 13.8. The Hall–Kier alpha value is -4.23. The second kappa shape index (κ2) is 13.7. The highest BCUT2D eigenvalue weighted by Crippen LogP contribution is 2.49. The minimum absolute atomic E-state index is 0.00691. The maximum Gasteiger partial charge on any atom is 0.375 e. The number of carbonyl (C=O) groups is 3. The van der Waals surface area contributed by atoms with Gasteiger partial charge in [-0.3, -0.25) is 9.59 Å². The van der Waals surface area contributed by atoms with Crippen LogP contribution in [0, 0.1) is 5.41 Å². The highest BCUT2D eigenvalue weighted by atomic mass is 35.5. The number of para-hydroxylation sites is 1. The maximum atomic E-state index is 14.4. The highest BCUT2D eigenvalue weighted by molar-refractivity contribution is 6.50. The van der Waals surface area contributed by atoms with Crippen molar-refractivity contribution in [2.75, 3.05) is 39.8 Å². The molecule has 256 valence electrons. The predicted molar refractivity (Wildman–Crippen MR) is 178 cm³/mol.